The van der Waals surface area contributed by atoms with Gasteiger partial charge in [0.25, 0.3) is 0 Å². The van der Waals surface area contributed by atoms with E-state index in [4.69, 9.17) is 5.73 Å². The molecule has 1 heterocycles. The average molecular weight is 203 g/mol. The van der Waals surface area contributed by atoms with Gasteiger partial charge < -0.3 is 5.73 Å². The summed E-state index contributed by atoms with van der Waals surface area (Å²) in [5.41, 5.74) is 7.60. The minimum Gasteiger partial charge on any atom is -0.382 e. The van der Waals surface area contributed by atoms with Gasteiger partial charge in [-0.15, -0.1) is 0 Å². The molecule has 0 saturated carbocycles. The minimum atomic E-state index is -0.235. The van der Waals surface area contributed by atoms with E-state index in [9.17, 15) is 4.39 Å². The van der Waals surface area contributed by atoms with Gasteiger partial charge >= 0.3 is 0 Å². The number of hydrogen-bond acceptors (Lipinski definition) is 3. The van der Waals surface area contributed by atoms with Crippen molar-refractivity contribution in [2.24, 2.45) is 0 Å². The first kappa shape index (κ1) is 9.58. The number of anilines is 1. The summed E-state index contributed by atoms with van der Waals surface area (Å²) < 4.78 is 13.0. The van der Waals surface area contributed by atoms with Crippen molar-refractivity contribution in [2.75, 3.05) is 5.73 Å². The third kappa shape index (κ3) is 1.79. The molecule has 0 unspecified atom stereocenters. The van der Waals surface area contributed by atoms with Gasteiger partial charge in [0.2, 0.25) is 0 Å². The Morgan fingerprint density at radius 1 is 1.20 bits per heavy atom. The van der Waals surface area contributed by atoms with Crippen molar-refractivity contribution in [3.8, 4) is 11.3 Å². The fourth-order valence-corrected chi connectivity index (χ4v) is 1.36. The van der Waals surface area contributed by atoms with Gasteiger partial charge in [0, 0.05) is 18.0 Å². The molecule has 2 rings (SSSR count). The molecule has 0 fully saturated rings. The van der Waals surface area contributed by atoms with Crippen molar-refractivity contribution in [1.29, 1.82) is 0 Å². The van der Waals surface area contributed by atoms with Crippen LogP contribution in [0.25, 0.3) is 11.3 Å². The van der Waals surface area contributed by atoms with E-state index in [-0.39, 0.29) is 5.82 Å². The lowest BCUT2D eigenvalue weighted by Gasteiger charge is -2.04. The Kier molecular flexibility index (Phi) is 2.33. The number of aromatic nitrogens is 2. The van der Waals surface area contributed by atoms with Gasteiger partial charge in [-0.1, -0.05) is 0 Å². The summed E-state index contributed by atoms with van der Waals surface area (Å²) >= 11 is 0. The van der Waals surface area contributed by atoms with Crippen LogP contribution in [-0.4, -0.2) is 9.97 Å². The Morgan fingerprint density at radius 2 is 1.93 bits per heavy atom. The molecule has 0 atom stereocenters. The summed E-state index contributed by atoms with van der Waals surface area (Å²) in [6.07, 6.45) is 3.08. The van der Waals surface area contributed by atoms with Gasteiger partial charge in [0.15, 0.2) is 0 Å². The second kappa shape index (κ2) is 3.65. The van der Waals surface area contributed by atoms with Crippen LogP contribution in [0.5, 0.6) is 0 Å². The minimum absolute atomic E-state index is 0.235. The van der Waals surface area contributed by atoms with E-state index in [0.29, 0.717) is 17.1 Å². The summed E-state index contributed by atoms with van der Waals surface area (Å²) in [7, 11) is 0. The number of nitrogen functional groups attached to an aromatic ring is 1. The number of hydrogen-bond donors (Lipinski definition) is 1. The Hall–Kier alpha value is -1.97. The molecular formula is C11H10FN3. The molecule has 0 aliphatic heterocycles. The first-order valence-corrected chi connectivity index (χ1v) is 4.51. The van der Waals surface area contributed by atoms with Gasteiger partial charge in [0.05, 0.1) is 0 Å². The van der Waals surface area contributed by atoms with E-state index in [0.717, 1.165) is 5.56 Å². The zero-order valence-electron chi connectivity index (χ0n) is 8.24. The number of aryl methyl sites for hydroxylation is 1. The molecule has 0 aliphatic rings. The lowest BCUT2D eigenvalue weighted by molar-refractivity contribution is 0.619. The summed E-state index contributed by atoms with van der Waals surface area (Å²) in [6, 6.07) is 4.75. The zero-order chi connectivity index (χ0) is 10.8. The predicted molar refractivity (Wildman–Crippen MR) is 56.6 cm³/mol. The molecule has 0 saturated heterocycles. The summed E-state index contributed by atoms with van der Waals surface area (Å²) in [4.78, 5) is 8.04. The highest BCUT2D eigenvalue weighted by atomic mass is 19.1. The van der Waals surface area contributed by atoms with Gasteiger partial charge in [0.1, 0.15) is 17.3 Å². The van der Waals surface area contributed by atoms with Crippen LogP contribution in [0.4, 0.5) is 10.2 Å². The highest BCUT2D eigenvalue weighted by molar-refractivity contribution is 5.69. The molecule has 15 heavy (non-hydrogen) atoms. The van der Waals surface area contributed by atoms with Crippen LogP contribution in [0, 0.1) is 12.7 Å². The predicted octanol–water partition coefficient (Wildman–Crippen LogP) is 2.17. The Labute approximate surface area is 86.8 Å². The van der Waals surface area contributed by atoms with Gasteiger partial charge in [-0.05, 0) is 30.7 Å². The largest absolute Gasteiger partial charge is 0.382 e. The highest BCUT2D eigenvalue weighted by Crippen LogP contribution is 2.22. The highest BCUT2D eigenvalue weighted by Gasteiger charge is 2.06. The van der Waals surface area contributed by atoms with E-state index >= 15 is 0 Å². The second-order valence-corrected chi connectivity index (χ2v) is 3.25. The number of benzene rings is 1. The third-order valence-corrected chi connectivity index (χ3v) is 2.16. The number of rotatable bonds is 1. The van der Waals surface area contributed by atoms with Crippen molar-refractivity contribution in [2.45, 2.75) is 6.92 Å². The maximum Gasteiger partial charge on any atom is 0.149 e. The Morgan fingerprint density at radius 3 is 2.60 bits per heavy atom. The fourth-order valence-electron chi connectivity index (χ4n) is 1.36. The second-order valence-electron chi connectivity index (χ2n) is 3.25. The third-order valence-electron chi connectivity index (χ3n) is 2.16. The van der Waals surface area contributed by atoms with E-state index in [1.807, 2.05) is 0 Å². The zero-order valence-corrected chi connectivity index (χ0v) is 8.24. The maximum atomic E-state index is 13.0. The average Bonchev–Trinajstić information content (AvgIpc) is 2.23. The lowest BCUT2D eigenvalue weighted by atomic mass is 10.1. The molecule has 2 aromatic rings. The topological polar surface area (TPSA) is 51.8 Å². The van der Waals surface area contributed by atoms with E-state index in [1.165, 1.54) is 12.3 Å². The molecule has 1 aromatic carbocycles. The number of halogens is 1. The van der Waals surface area contributed by atoms with E-state index < -0.39 is 0 Å². The molecule has 0 spiro atoms. The van der Waals surface area contributed by atoms with Gasteiger partial charge in [-0.2, -0.15) is 0 Å². The van der Waals surface area contributed by atoms with Crippen LogP contribution in [0.1, 0.15) is 5.56 Å². The first-order valence-electron chi connectivity index (χ1n) is 4.51. The number of nitrogens with zero attached hydrogens (tertiary/aromatic N) is 2. The normalized spacial score (nSPS) is 10.3. The quantitative estimate of drug-likeness (QED) is 0.772. The van der Waals surface area contributed by atoms with Crippen LogP contribution >= 0.6 is 0 Å². The standard InChI is InChI=1S/C11H10FN3/c1-7-6-8(2-3-9(7)12)10-11(13)15-5-4-14-10/h2-6H,1H3,(H2,13,15). The summed E-state index contributed by atoms with van der Waals surface area (Å²) in [6.45, 7) is 1.70. The molecule has 0 aliphatic carbocycles. The molecule has 2 N–H and O–H groups in total. The molecular weight excluding hydrogens is 193 g/mol. The maximum absolute atomic E-state index is 13.0. The monoisotopic (exact) mass is 203 g/mol. The van der Waals surface area contributed by atoms with Gasteiger partial charge in [-0.25, -0.2) is 9.37 Å². The summed E-state index contributed by atoms with van der Waals surface area (Å²) in [5, 5.41) is 0. The van der Waals surface area contributed by atoms with Crippen LogP contribution in [-0.2, 0) is 0 Å². The molecule has 76 valence electrons. The van der Waals surface area contributed by atoms with Crippen molar-refractivity contribution in [3.63, 3.8) is 0 Å². The molecule has 0 bridgehead atoms. The van der Waals surface area contributed by atoms with Crippen molar-refractivity contribution < 1.29 is 4.39 Å². The van der Waals surface area contributed by atoms with E-state index in [1.54, 1.807) is 25.3 Å². The molecule has 4 heteroatoms. The van der Waals surface area contributed by atoms with Crippen LogP contribution in [0.3, 0.4) is 0 Å². The van der Waals surface area contributed by atoms with Gasteiger partial charge in [-0.3, -0.25) is 4.98 Å². The van der Waals surface area contributed by atoms with Crippen LogP contribution in [0.2, 0.25) is 0 Å². The SMILES string of the molecule is Cc1cc(-c2nccnc2N)ccc1F. The van der Waals surface area contributed by atoms with Crippen molar-refractivity contribution in [1.82, 2.24) is 9.97 Å². The lowest BCUT2D eigenvalue weighted by Crippen LogP contribution is -1.96. The molecule has 0 radical (unpaired) electrons. The Bertz CT molecular complexity index is 497. The smallest absolute Gasteiger partial charge is 0.149 e. The number of nitrogens with two attached hydrogens (primary N) is 1. The van der Waals surface area contributed by atoms with Crippen molar-refractivity contribution >= 4 is 5.82 Å². The summed E-state index contributed by atoms with van der Waals surface area (Å²) in [5.74, 6) is 0.115. The fraction of sp³-hybridized carbons (Fsp3) is 0.0909. The molecule has 0 amide bonds. The Balaban J connectivity index is 2.55. The molecule has 1 aromatic heterocycles. The van der Waals surface area contributed by atoms with Crippen molar-refractivity contribution in [3.05, 3.63) is 42.0 Å². The van der Waals surface area contributed by atoms with Crippen LogP contribution < -0.4 is 5.73 Å². The van der Waals surface area contributed by atoms with E-state index in [2.05, 4.69) is 9.97 Å². The molecule has 3 nitrogen and oxygen atoms in total. The van der Waals surface area contributed by atoms with Crippen LogP contribution in [0.15, 0.2) is 30.6 Å². The first-order chi connectivity index (χ1) is 7.18.